The Morgan fingerprint density at radius 1 is 1.50 bits per heavy atom. The quantitative estimate of drug-likeness (QED) is 0.686. The Kier molecular flexibility index (Phi) is 5.07. The minimum Gasteiger partial charge on any atom is -0.466 e. The van der Waals surface area contributed by atoms with Crippen LogP contribution in [0.3, 0.4) is 0 Å². The molecule has 22 heavy (non-hydrogen) atoms. The molecule has 1 amide bonds. The Balaban J connectivity index is 2.16. The fourth-order valence-electron chi connectivity index (χ4n) is 2.44. The number of nitrogens with zero attached hydrogens (tertiary/aromatic N) is 1. The van der Waals surface area contributed by atoms with Gasteiger partial charge in [-0.05, 0) is 6.92 Å². The maximum absolute atomic E-state index is 11.8. The van der Waals surface area contributed by atoms with Crippen LogP contribution in [0.5, 0.6) is 0 Å². The van der Waals surface area contributed by atoms with E-state index >= 15 is 0 Å². The van der Waals surface area contributed by atoms with Gasteiger partial charge in [-0.2, -0.15) is 0 Å². The Morgan fingerprint density at radius 2 is 2.23 bits per heavy atom. The van der Waals surface area contributed by atoms with E-state index in [9.17, 15) is 18.0 Å². The zero-order valence-electron chi connectivity index (χ0n) is 12.5. The first-order valence-electron chi connectivity index (χ1n) is 7.09. The minimum absolute atomic E-state index is 0.117. The zero-order valence-corrected chi connectivity index (χ0v) is 13.3. The first kappa shape index (κ1) is 16.8. The van der Waals surface area contributed by atoms with E-state index in [0.717, 1.165) is 10.6 Å². The van der Waals surface area contributed by atoms with Crippen LogP contribution in [0, 0.1) is 5.92 Å². The normalized spacial score (nSPS) is 28.5. The highest BCUT2D eigenvalue weighted by molar-refractivity contribution is 7.88. The third kappa shape index (κ3) is 3.77. The van der Waals surface area contributed by atoms with Crippen molar-refractivity contribution in [3.05, 3.63) is 12.3 Å². The molecule has 2 aliphatic heterocycles. The maximum atomic E-state index is 11.8. The molecule has 0 radical (unpaired) electrons. The van der Waals surface area contributed by atoms with Crippen LogP contribution in [-0.2, 0) is 29.1 Å². The lowest BCUT2D eigenvalue weighted by atomic mass is 10.0. The third-order valence-electron chi connectivity index (χ3n) is 3.50. The Hall–Kier alpha value is -1.61. The molecule has 2 heterocycles. The fourth-order valence-corrected chi connectivity index (χ4v) is 3.29. The van der Waals surface area contributed by atoms with Gasteiger partial charge in [0.15, 0.2) is 0 Å². The lowest BCUT2D eigenvalue weighted by molar-refractivity contribution is -0.151. The van der Waals surface area contributed by atoms with Gasteiger partial charge >= 0.3 is 5.97 Å². The van der Waals surface area contributed by atoms with E-state index in [2.05, 4.69) is 5.32 Å². The van der Waals surface area contributed by atoms with E-state index in [1.54, 1.807) is 6.92 Å². The molecule has 124 valence electrons. The van der Waals surface area contributed by atoms with E-state index < -0.39 is 34.2 Å². The maximum Gasteiger partial charge on any atom is 0.313 e. The summed E-state index contributed by atoms with van der Waals surface area (Å²) >= 11 is 0. The summed E-state index contributed by atoms with van der Waals surface area (Å²) in [7, 11) is -3.56. The van der Waals surface area contributed by atoms with Gasteiger partial charge in [-0.3, -0.25) is 13.9 Å². The highest BCUT2D eigenvalue weighted by Gasteiger charge is 2.37. The number of hydrogen-bond donors (Lipinski definition) is 1. The molecular weight excluding hydrogens is 312 g/mol. The molecule has 0 aliphatic carbocycles. The Morgan fingerprint density at radius 3 is 2.77 bits per heavy atom. The van der Waals surface area contributed by atoms with E-state index in [0.29, 0.717) is 13.0 Å². The van der Waals surface area contributed by atoms with Crippen LogP contribution in [0.2, 0.25) is 0 Å². The molecule has 2 rings (SSSR count). The monoisotopic (exact) mass is 332 g/mol. The standard InChI is InChI=1S/C13H20N2O6S/c1-3-20-13(17)9-5-7-15(22(2,18)19)11(8-9)21-10-4-6-14-12(10)16/h5,7,9-11H,3-4,6,8H2,1-2H3,(H,14,16)/t9-,10-,11-/m0/s1. The Labute approximate surface area is 129 Å². The van der Waals surface area contributed by atoms with Gasteiger partial charge in [-0.15, -0.1) is 0 Å². The van der Waals surface area contributed by atoms with Crippen LogP contribution in [0.15, 0.2) is 12.3 Å². The van der Waals surface area contributed by atoms with Crippen LogP contribution >= 0.6 is 0 Å². The van der Waals surface area contributed by atoms with Crippen molar-refractivity contribution in [2.45, 2.75) is 32.1 Å². The van der Waals surface area contributed by atoms with Gasteiger partial charge < -0.3 is 14.8 Å². The largest absolute Gasteiger partial charge is 0.466 e. The van der Waals surface area contributed by atoms with Gasteiger partial charge in [0.1, 0.15) is 12.3 Å². The van der Waals surface area contributed by atoms with Gasteiger partial charge in [0.2, 0.25) is 15.9 Å². The first-order valence-corrected chi connectivity index (χ1v) is 8.94. The predicted molar refractivity (Wildman–Crippen MR) is 76.9 cm³/mol. The smallest absolute Gasteiger partial charge is 0.313 e. The van der Waals surface area contributed by atoms with Gasteiger partial charge in [0, 0.05) is 25.6 Å². The second-order valence-electron chi connectivity index (χ2n) is 5.19. The Bertz CT molecular complexity index is 573. The summed E-state index contributed by atoms with van der Waals surface area (Å²) in [5, 5.41) is 2.63. The number of ether oxygens (including phenoxy) is 2. The molecule has 0 aromatic carbocycles. The fraction of sp³-hybridized carbons (Fsp3) is 0.692. The van der Waals surface area contributed by atoms with Crippen LogP contribution in [0.25, 0.3) is 0 Å². The summed E-state index contributed by atoms with van der Waals surface area (Å²) in [5.41, 5.74) is 0. The van der Waals surface area contributed by atoms with Crippen molar-refractivity contribution in [2.75, 3.05) is 19.4 Å². The summed E-state index contributed by atoms with van der Waals surface area (Å²) in [4.78, 5) is 23.4. The molecule has 1 saturated heterocycles. The number of rotatable bonds is 5. The summed E-state index contributed by atoms with van der Waals surface area (Å²) in [6, 6.07) is 0. The molecular formula is C13H20N2O6S. The number of carbonyl (C=O) groups is 2. The molecule has 0 bridgehead atoms. The molecule has 9 heteroatoms. The lowest BCUT2D eigenvalue weighted by Crippen LogP contribution is -2.45. The number of amides is 1. The SMILES string of the molecule is CCOC(=O)[C@H]1C=CN(S(C)(=O)=O)[C@@H](O[C@H]2CCNC2=O)C1. The molecule has 1 fully saturated rings. The summed E-state index contributed by atoms with van der Waals surface area (Å²) in [5.74, 6) is -1.29. The summed E-state index contributed by atoms with van der Waals surface area (Å²) < 4.78 is 35.3. The molecule has 8 nitrogen and oxygen atoms in total. The average Bonchev–Trinajstić information content (AvgIpc) is 2.83. The minimum atomic E-state index is -3.56. The van der Waals surface area contributed by atoms with E-state index in [-0.39, 0.29) is 18.9 Å². The highest BCUT2D eigenvalue weighted by atomic mass is 32.2. The van der Waals surface area contributed by atoms with Crippen molar-refractivity contribution in [3.63, 3.8) is 0 Å². The topological polar surface area (TPSA) is 102 Å². The van der Waals surface area contributed by atoms with E-state index in [1.165, 1.54) is 12.3 Å². The van der Waals surface area contributed by atoms with Gasteiger partial charge in [0.05, 0.1) is 18.8 Å². The van der Waals surface area contributed by atoms with Crippen molar-refractivity contribution in [2.24, 2.45) is 5.92 Å². The highest BCUT2D eigenvalue weighted by Crippen LogP contribution is 2.26. The molecule has 3 atom stereocenters. The number of hydrogen-bond acceptors (Lipinski definition) is 6. The summed E-state index contributed by atoms with van der Waals surface area (Å²) in [6.45, 7) is 2.44. The van der Waals surface area contributed by atoms with Crippen molar-refractivity contribution < 1.29 is 27.5 Å². The lowest BCUT2D eigenvalue weighted by Gasteiger charge is -2.34. The predicted octanol–water partition coefficient (Wildman–Crippen LogP) is -0.424. The number of esters is 1. The molecule has 0 aromatic heterocycles. The second kappa shape index (κ2) is 6.66. The molecule has 1 N–H and O–H groups in total. The summed E-state index contributed by atoms with van der Waals surface area (Å²) in [6.07, 6.45) is 2.82. The van der Waals surface area contributed by atoms with Crippen LogP contribution in [0.4, 0.5) is 0 Å². The van der Waals surface area contributed by atoms with Gasteiger partial charge in [0.25, 0.3) is 0 Å². The van der Waals surface area contributed by atoms with E-state index in [4.69, 9.17) is 9.47 Å². The third-order valence-corrected chi connectivity index (χ3v) is 4.62. The molecule has 0 spiro atoms. The van der Waals surface area contributed by atoms with Crippen molar-refractivity contribution in [1.29, 1.82) is 0 Å². The van der Waals surface area contributed by atoms with Crippen molar-refractivity contribution >= 4 is 21.9 Å². The van der Waals surface area contributed by atoms with Crippen LogP contribution in [-0.4, -0.2) is 56.3 Å². The van der Waals surface area contributed by atoms with Crippen molar-refractivity contribution in [3.8, 4) is 0 Å². The number of nitrogens with one attached hydrogen (secondary N) is 1. The van der Waals surface area contributed by atoms with E-state index in [1.807, 2.05) is 0 Å². The average molecular weight is 332 g/mol. The second-order valence-corrected chi connectivity index (χ2v) is 7.08. The van der Waals surface area contributed by atoms with Gasteiger partial charge in [-0.25, -0.2) is 8.42 Å². The number of sulfonamides is 1. The van der Waals surface area contributed by atoms with Crippen LogP contribution in [0.1, 0.15) is 19.8 Å². The zero-order chi connectivity index (χ0) is 16.3. The van der Waals surface area contributed by atoms with Crippen molar-refractivity contribution in [1.82, 2.24) is 9.62 Å². The van der Waals surface area contributed by atoms with Crippen LogP contribution < -0.4 is 5.32 Å². The molecule has 0 unspecified atom stereocenters. The molecule has 0 saturated carbocycles. The van der Waals surface area contributed by atoms with Gasteiger partial charge in [-0.1, -0.05) is 6.08 Å². The first-order chi connectivity index (χ1) is 10.3. The molecule has 2 aliphatic rings. The molecule has 0 aromatic rings. The number of carbonyl (C=O) groups excluding carboxylic acids is 2.